The standard InChI is InChI=1S/C28H32ClFN6O4.C3H6/c1-2-39-27(38)32-19-5-10-35(15-19)25-21-14-31-23(17-11-18(29)13-20(37)12-17)22(30)24(21)33-26(34-25)40-16-28-6-3-8-36(28)9-4-7-28;1-2-3-1/h11-14,19,37H,2-10,15-16H2,1H3,(H,32,38);1-3H2. The summed E-state index contributed by atoms with van der Waals surface area (Å²) in [5, 5.41) is 13.6. The normalized spacial score (nSPS) is 20.4. The van der Waals surface area contributed by atoms with Crippen LogP contribution in [0.5, 0.6) is 11.8 Å². The number of phenolic OH excluding ortho intramolecular Hbond substituents is 1. The van der Waals surface area contributed by atoms with E-state index in [0.29, 0.717) is 42.9 Å². The van der Waals surface area contributed by atoms with Crippen molar-refractivity contribution in [1.29, 1.82) is 0 Å². The first kappa shape index (κ1) is 29.6. The van der Waals surface area contributed by atoms with Crippen LogP contribution < -0.4 is 15.0 Å². The highest BCUT2D eigenvalue weighted by molar-refractivity contribution is 6.31. The number of carbonyl (C=O) groups is 1. The lowest BCUT2D eigenvalue weighted by molar-refractivity contribution is 0.108. The van der Waals surface area contributed by atoms with Crippen LogP contribution in [0.2, 0.25) is 5.02 Å². The van der Waals surface area contributed by atoms with Gasteiger partial charge in [-0.2, -0.15) is 9.97 Å². The molecule has 0 spiro atoms. The number of rotatable bonds is 7. The number of hydrogen-bond acceptors (Lipinski definition) is 9. The van der Waals surface area contributed by atoms with Gasteiger partial charge >= 0.3 is 12.1 Å². The van der Waals surface area contributed by atoms with Crippen molar-refractivity contribution in [3.05, 3.63) is 35.2 Å². The Bertz CT molecular complexity index is 1460. The molecule has 3 aromatic rings. The Hall–Kier alpha value is -3.44. The van der Waals surface area contributed by atoms with Crippen LogP contribution in [0.3, 0.4) is 0 Å². The van der Waals surface area contributed by atoms with Crippen LogP contribution in [0.25, 0.3) is 22.2 Å². The number of benzene rings is 1. The van der Waals surface area contributed by atoms with Crippen LogP contribution in [0.4, 0.5) is 15.0 Å². The third kappa shape index (κ3) is 6.57. The first-order valence-electron chi connectivity index (χ1n) is 15.3. The summed E-state index contributed by atoms with van der Waals surface area (Å²) < 4.78 is 27.4. The lowest BCUT2D eigenvalue weighted by Crippen LogP contribution is -2.43. The summed E-state index contributed by atoms with van der Waals surface area (Å²) in [5.41, 5.74) is 0.387. The molecule has 1 amide bonds. The van der Waals surface area contributed by atoms with Crippen molar-refractivity contribution in [3.8, 4) is 23.0 Å². The van der Waals surface area contributed by atoms with E-state index in [4.69, 9.17) is 26.1 Å². The SMILES string of the molecule is C1CC1.CCOC(=O)NC1CCN(c2nc(OCC34CCCN3CCC4)nc3c(F)c(-c4cc(O)cc(Cl)c4)ncc23)C1. The van der Waals surface area contributed by atoms with Gasteiger partial charge in [-0.15, -0.1) is 0 Å². The molecule has 2 N–H and O–H groups in total. The molecule has 1 unspecified atom stereocenters. The number of carbonyl (C=O) groups excluding carboxylic acids is 1. The predicted molar refractivity (Wildman–Crippen MR) is 162 cm³/mol. The number of nitrogens with zero attached hydrogens (tertiary/aromatic N) is 5. The van der Waals surface area contributed by atoms with Crippen molar-refractivity contribution < 1.29 is 23.8 Å². The van der Waals surface area contributed by atoms with Gasteiger partial charge in [-0.3, -0.25) is 9.88 Å². The number of phenols is 1. The second-order valence-corrected chi connectivity index (χ2v) is 12.2. The van der Waals surface area contributed by atoms with Crippen LogP contribution >= 0.6 is 11.6 Å². The molecular weight excluding hydrogens is 575 g/mol. The van der Waals surface area contributed by atoms with Crippen LogP contribution in [0.1, 0.15) is 58.3 Å². The Kier molecular flexibility index (Phi) is 8.72. The number of halogens is 2. The number of hydrogen-bond donors (Lipinski definition) is 2. The van der Waals surface area contributed by atoms with E-state index in [0.717, 1.165) is 38.8 Å². The Morgan fingerprint density at radius 2 is 1.91 bits per heavy atom. The number of ether oxygens (including phenoxy) is 2. The van der Waals surface area contributed by atoms with E-state index in [-0.39, 0.29) is 46.2 Å². The van der Waals surface area contributed by atoms with Gasteiger partial charge in [-0.25, -0.2) is 9.18 Å². The van der Waals surface area contributed by atoms with E-state index < -0.39 is 11.9 Å². The molecule has 0 bridgehead atoms. The predicted octanol–water partition coefficient (Wildman–Crippen LogP) is 5.69. The molecule has 5 heterocycles. The van der Waals surface area contributed by atoms with Crippen molar-refractivity contribution >= 4 is 34.4 Å². The molecule has 3 saturated heterocycles. The topological polar surface area (TPSA) is 113 Å². The minimum Gasteiger partial charge on any atom is -0.508 e. The fourth-order valence-electron chi connectivity index (χ4n) is 6.31. The van der Waals surface area contributed by atoms with Crippen molar-refractivity contribution in [3.63, 3.8) is 0 Å². The van der Waals surface area contributed by atoms with Crippen molar-refractivity contribution in [2.24, 2.45) is 0 Å². The van der Waals surface area contributed by atoms with Gasteiger partial charge in [0.2, 0.25) is 0 Å². The van der Waals surface area contributed by atoms with E-state index in [2.05, 4.69) is 20.2 Å². The quantitative estimate of drug-likeness (QED) is 0.347. The molecular formula is C31H38ClFN6O4. The van der Waals surface area contributed by atoms with E-state index in [1.54, 1.807) is 6.92 Å². The number of alkyl carbamates (subject to hydrolysis) is 1. The summed E-state index contributed by atoms with van der Waals surface area (Å²) in [6.45, 7) is 5.66. The summed E-state index contributed by atoms with van der Waals surface area (Å²) in [6, 6.07) is 4.27. The van der Waals surface area contributed by atoms with Crippen LogP contribution in [-0.2, 0) is 4.74 Å². The monoisotopic (exact) mass is 612 g/mol. The molecule has 4 aliphatic rings. The molecule has 1 atom stereocenters. The van der Waals surface area contributed by atoms with Gasteiger partial charge in [0.05, 0.1) is 23.6 Å². The Morgan fingerprint density at radius 1 is 1.14 bits per heavy atom. The fourth-order valence-corrected chi connectivity index (χ4v) is 6.54. The van der Waals surface area contributed by atoms with Crippen molar-refractivity contribution in [1.82, 2.24) is 25.2 Å². The zero-order valence-corrected chi connectivity index (χ0v) is 25.2. The van der Waals surface area contributed by atoms with Gasteiger partial charge in [0, 0.05) is 29.9 Å². The third-order valence-electron chi connectivity index (χ3n) is 8.52. The average Bonchev–Trinajstić information content (AvgIpc) is 3.56. The Labute approximate surface area is 255 Å². The second kappa shape index (κ2) is 12.7. The summed E-state index contributed by atoms with van der Waals surface area (Å²) in [7, 11) is 0. The van der Waals surface area contributed by atoms with Gasteiger partial charge in [0.15, 0.2) is 5.82 Å². The molecule has 7 rings (SSSR count). The maximum absolute atomic E-state index is 16.1. The maximum atomic E-state index is 16.1. The lowest BCUT2D eigenvalue weighted by atomic mass is 9.95. The molecule has 1 aliphatic carbocycles. The van der Waals surface area contributed by atoms with Crippen LogP contribution in [0.15, 0.2) is 24.4 Å². The first-order chi connectivity index (χ1) is 20.8. The lowest BCUT2D eigenvalue weighted by Gasteiger charge is -2.31. The van der Waals surface area contributed by atoms with E-state index in [9.17, 15) is 9.90 Å². The molecule has 43 heavy (non-hydrogen) atoms. The number of fused-ring (bicyclic) bond motifs is 2. The second-order valence-electron chi connectivity index (χ2n) is 11.8. The van der Waals surface area contributed by atoms with E-state index >= 15 is 4.39 Å². The molecule has 0 radical (unpaired) electrons. The van der Waals surface area contributed by atoms with Gasteiger partial charge in [0.25, 0.3) is 0 Å². The summed E-state index contributed by atoms with van der Waals surface area (Å²) in [5.74, 6) is -0.257. The molecule has 4 fully saturated rings. The summed E-state index contributed by atoms with van der Waals surface area (Å²) in [4.78, 5) is 30.1. The molecule has 3 aliphatic heterocycles. The fraction of sp³-hybridized carbons (Fsp3) is 0.548. The minimum atomic E-state index is -0.658. The molecule has 2 aromatic heterocycles. The highest BCUT2D eigenvalue weighted by atomic mass is 35.5. The minimum absolute atomic E-state index is 0.0144. The number of amides is 1. The zero-order valence-electron chi connectivity index (χ0n) is 24.5. The van der Waals surface area contributed by atoms with Gasteiger partial charge in [0.1, 0.15) is 29.4 Å². The average molecular weight is 613 g/mol. The number of aromatic hydroxyl groups is 1. The van der Waals surface area contributed by atoms with Crippen LogP contribution in [-0.4, -0.2) is 82.0 Å². The van der Waals surface area contributed by atoms with Gasteiger partial charge < -0.3 is 24.8 Å². The number of anilines is 1. The molecule has 10 nitrogen and oxygen atoms in total. The number of pyridine rings is 1. The third-order valence-corrected chi connectivity index (χ3v) is 8.74. The summed E-state index contributed by atoms with van der Waals surface area (Å²) in [6.07, 6.45) is 10.6. The number of aromatic nitrogens is 3. The van der Waals surface area contributed by atoms with Crippen molar-refractivity contribution in [2.45, 2.75) is 69.9 Å². The van der Waals surface area contributed by atoms with Gasteiger partial charge in [-0.1, -0.05) is 30.9 Å². The van der Waals surface area contributed by atoms with E-state index in [1.807, 2.05) is 4.90 Å². The molecule has 1 aromatic carbocycles. The van der Waals surface area contributed by atoms with E-state index in [1.165, 1.54) is 43.7 Å². The Morgan fingerprint density at radius 3 is 2.60 bits per heavy atom. The zero-order chi connectivity index (χ0) is 30.0. The van der Waals surface area contributed by atoms with Crippen LogP contribution in [0, 0.1) is 5.82 Å². The highest BCUT2D eigenvalue weighted by Crippen LogP contribution is 2.40. The smallest absolute Gasteiger partial charge is 0.407 e. The summed E-state index contributed by atoms with van der Waals surface area (Å²) >= 11 is 6.12. The largest absolute Gasteiger partial charge is 0.508 e. The highest BCUT2D eigenvalue weighted by Gasteiger charge is 2.45. The van der Waals surface area contributed by atoms with Crippen molar-refractivity contribution in [2.75, 3.05) is 44.3 Å². The maximum Gasteiger partial charge on any atom is 0.407 e. The molecule has 1 saturated carbocycles. The van der Waals surface area contributed by atoms with Gasteiger partial charge in [-0.05, 0) is 70.3 Å². The Balaban J connectivity index is 0.00000103. The number of nitrogens with one attached hydrogen (secondary N) is 1. The first-order valence-corrected chi connectivity index (χ1v) is 15.7. The molecule has 230 valence electrons. The molecule has 12 heteroatoms.